The van der Waals surface area contributed by atoms with Crippen molar-refractivity contribution in [2.75, 3.05) is 6.26 Å². The number of hydrogen-bond donors (Lipinski definition) is 0. The number of halogens is 1. The Labute approximate surface area is 70.2 Å². The SMILES string of the molecule is CSCc1nnc(Br)s1. The Bertz CT molecular complexity index is 188. The van der Waals surface area contributed by atoms with Gasteiger partial charge in [0.15, 0.2) is 3.92 Å². The predicted molar refractivity (Wildman–Crippen MR) is 44.8 cm³/mol. The molecule has 2 nitrogen and oxygen atoms in total. The highest BCUT2D eigenvalue weighted by Gasteiger charge is 1.97. The highest BCUT2D eigenvalue weighted by atomic mass is 79.9. The first-order valence-corrected chi connectivity index (χ1v) is 5.30. The molecule has 1 aromatic rings. The fourth-order valence-electron chi connectivity index (χ4n) is 0.415. The molecule has 0 bridgehead atoms. The standard InChI is InChI=1S/C4H5BrN2S2/c1-8-2-3-6-7-4(5)9-3/h2H2,1H3. The van der Waals surface area contributed by atoms with Gasteiger partial charge >= 0.3 is 0 Å². The molecule has 0 atom stereocenters. The topological polar surface area (TPSA) is 25.8 Å². The second kappa shape index (κ2) is 3.53. The van der Waals surface area contributed by atoms with Gasteiger partial charge in [-0.3, -0.25) is 0 Å². The quantitative estimate of drug-likeness (QED) is 0.771. The number of thioether (sulfide) groups is 1. The van der Waals surface area contributed by atoms with Gasteiger partial charge in [-0.25, -0.2) is 0 Å². The van der Waals surface area contributed by atoms with Crippen molar-refractivity contribution in [2.24, 2.45) is 0 Å². The third kappa shape index (κ3) is 2.23. The number of nitrogens with zero attached hydrogens (tertiary/aromatic N) is 2. The van der Waals surface area contributed by atoms with Gasteiger partial charge < -0.3 is 0 Å². The highest BCUT2D eigenvalue weighted by Crippen LogP contribution is 2.18. The summed E-state index contributed by atoms with van der Waals surface area (Å²) in [5, 5.41) is 8.79. The van der Waals surface area contributed by atoms with E-state index >= 15 is 0 Å². The molecule has 0 aliphatic heterocycles. The van der Waals surface area contributed by atoms with Crippen LogP contribution in [0, 0.1) is 0 Å². The molecular weight excluding hydrogens is 220 g/mol. The summed E-state index contributed by atoms with van der Waals surface area (Å²) in [7, 11) is 0. The second-order valence-corrected chi connectivity index (χ2v) is 4.59. The molecule has 9 heavy (non-hydrogen) atoms. The predicted octanol–water partition coefficient (Wildman–Crippen LogP) is 2.16. The van der Waals surface area contributed by atoms with Crippen molar-refractivity contribution in [1.29, 1.82) is 0 Å². The maximum Gasteiger partial charge on any atom is 0.183 e. The van der Waals surface area contributed by atoms with Crippen molar-refractivity contribution >= 4 is 39.0 Å². The van der Waals surface area contributed by atoms with E-state index in [4.69, 9.17) is 0 Å². The Morgan fingerprint density at radius 2 is 2.44 bits per heavy atom. The maximum absolute atomic E-state index is 3.91. The van der Waals surface area contributed by atoms with E-state index in [1.807, 2.05) is 0 Å². The van der Waals surface area contributed by atoms with E-state index in [0.717, 1.165) is 14.7 Å². The Morgan fingerprint density at radius 1 is 1.67 bits per heavy atom. The summed E-state index contributed by atoms with van der Waals surface area (Å²) in [4.78, 5) is 0. The minimum atomic E-state index is 0.867. The average Bonchev–Trinajstić information content (AvgIpc) is 2.17. The zero-order valence-electron chi connectivity index (χ0n) is 4.80. The van der Waals surface area contributed by atoms with Crippen molar-refractivity contribution < 1.29 is 0 Å². The zero-order valence-corrected chi connectivity index (χ0v) is 8.01. The van der Waals surface area contributed by atoms with Crippen molar-refractivity contribution in [2.45, 2.75) is 5.75 Å². The van der Waals surface area contributed by atoms with E-state index < -0.39 is 0 Å². The van der Waals surface area contributed by atoms with Crippen LogP contribution in [0.3, 0.4) is 0 Å². The molecule has 0 unspecified atom stereocenters. The molecule has 0 aliphatic carbocycles. The lowest BCUT2D eigenvalue weighted by Crippen LogP contribution is -1.75. The summed E-state index contributed by atoms with van der Waals surface area (Å²) in [6.45, 7) is 0. The molecule has 0 radical (unpaired) electrons. The van der Waals surface area contributed by atoms with Crippen LogP contribution in [0.25, 0.3) is 0 Å². The second-order valence-electron chi connectivity index (χ2n) is 1.38. The minimum absolute atomic E-state index is 0.867. The van der Waals surface area contributed by atoms with Crippen molar-refractivity contribution in [3.63, 3.8) is 0 Å². The van der Waals surface area contributed by atoms with E-state index in [2.05, 4.69) is 32.4 Å². The fourth-order valence-corrected chi connectivity index (χ4v) is 2.31. The average molecular weight is 225 g/mol. The first-order chi connectivity index (χ1) is 4.33. The Kier molecular flexibility index (Phi) is 2.94. The van der Waals surface area contributed by atoms with Crippen LogP contribution < -0.4 is 0 Å². The van der Waals surface area contributed by atoms with E-state index in [-0.39, 0.29) is 0 Å². The fraction of sp³-hybridized carbons (Fsp3) is 0.500. The highest BCUT2D eigenvalue weighted by molar-refractivity contribution is 9.11. The number of hydrogen-bond acceptors (Lipinski definition) is 4. The van der Waals surface area contributed by atoms with E-state index in [1.165, 1.54) is 0 Å². The van der Waals surface area contributed by atoms with E-state index in [9.17, 15) is 0 Å². The summed E-state index contributed by atoms with van der Waals surface area (Å²) in [6.07, 6.45) is 2.05. The van der Waals surface area contributed by atoms with Gasteiger partial charge in [0.1, 0.15) is 5.01 Å². The van der Waals surface area contributed by atoms with Gasteiger partial charge in [-0.1, -0.05) is 11.3 Å². The molecule has 1 heterocycles. The lowest BCUT2D eigenvalue weighted by molar-refractivity contribution is 1.03. The Hall–Kier alpha value is 0.390. The molecule has 0 amide bonds. The molecule has 0 saturated carbocycles. The molecule has 50 valence electrons. The molecule has 0 aliphatic rings. The van der Waals surface area contributed by atoms with Crippen LogP contribution in [0.5, 0.6) is 0 Å². The van der Waals surface area contributed by atoms with Crippen molar-refractivity contribution in [3.8, 4) is 0 Å². The lowest BCUT2D eigenvalue weighted by atomic mass is 10.9. The molecule has 1 rings (SSSR count). The van der Waals surface area contributed by atoms with E-state index in [1.54, 1.807) is 23.1 Å². The summed E-state index contributed by atoms with van der Waals surface area (Å²) in [6, 6.07) is 0. The minimum Gasteiger partial charge on any atom is -0.158 e. The lowest BCUT2D eigenvalue weighted by Gasteiger charge is -1.83. The van der Waals surface area contributed by atoms with Crippen LogP contribution in [-0.2, 0) is 5.75 Å². The van der Waals surface area contributed by atoms with Gasteiger partial charge in [0.05, 0.1) is 0 Å². The zero-order chi connectivity index (χ0) is 6.69. The molecule has 0 saturated heterocycles. The molecule has 0 N–H and O–H groups in total. The Morgan fingerprint density at radius 3 is 2.89 bits per heavy atom. The number of aromatic nitrogens is 2. The largest absolute Gasteiger partial charge is 0.183 e. The summed E-state index contributed by atoms with van der Waals surface area (Å²) in [5.41, 5.74) is 0. The van der Waals surface area contributed by atoms with Crippen LogP contribution in [0.4, 0.5) is 0 Å². The van der Waals surface area contributed by atoms with Gasteiger partial charge in [-0.2, -0.15) is 11.8 Å². The molecule has 0 fully saturated rings. The molecule has 0 spiro atoms. The van der Waals surface area contributed by atoms with Crippen molar-refractivity contribution in [3.05, 3.63) is 8.92 Å². The van der Waals surface area contributed by atoms with Gasteiger partial charge in [-0.05, 0) is 22.2 Å². The van der Waals surface area contributed by atoms with Crippen LogP contribution in [0.2, 0.25) is 0 Å². The van der Waals surface area contributed by atoms with Crippen LogP contribution in [0.15, 0.2) is 3.92 Å². The van der Waals surface area contributed by atoms with Gasteiger partial charge in [0, 0.05) is 5.75 Å². The van der Waals surface area contributed by atoms with Crippen LogP contribution in [-0.4, -0.2) is 16.5 Å². The molecule has 1 aromatic heterocycles. The molecule has 0 aromatic carbocycles. The first kappa shape index (κ1) is 7.50. The van der Waals surface area contributed by atoms with Gasteiger partial charge in [0.2, 0.25) is 0 Å². The van der Waals surface area contributed by atoms with Gasteiger partial charge in [0.25, 0.3) is 0 Å². The number of rotatable bonds is 2. The third-order valence-electron chi connectivity index (χ3n) is 0.710. The summed E-state index contributed by atoms with van der Waals surface area (Å²) < 4.78 is 0.867. The normalized spacial score (nSPS) is 10.0. The van der Waals surface area contributed by atoms with Crippen molar-refractivity contribution in [1.82, 2.24) is 10.2 Å². The molecular formula is C4H5BrN2S2. The first-order valence-electron chi connectivity index (χ1n) is 2.29. The smallest absolute Gasteiger partial charge is 0.158 e. The Balaban J connectivity index is 2.61. The van der Waals surface area contributed by atoms with Crippen LogP contribution >= 0.6 is 39.0 Å². The third-order valence-corrected chi connectivity index (χ3v) is 2.81. The van der Waals surface area contributed by atoms with E-state index in [0.29, 0.717) is 0 Å². The summed E-state index contributed by atoms with van der Waals surface area (Å²) >= 11 is 6.58. The van der Waals surface area contributed by atoms with Crippen LogP contribution in [0.1, 0.15) is 5.01 Å². The van der Waals surface area contributed by atoms with Gasteiger partial charge in [-0.15, -0.1) is 10.2 Å². The maximum atomic E-state index is 3.91. The molecule has 5 heteroatoms. The summed E-state index contributed by atoms with van der Waals surface area (Å²) in [5.74, 6) is 0.962. The monoisotopic (exact) mass is 224 g/mol.